The summed E-state index contributed by atoms with van der Waals surface area (Å²) in [7, 11) is 0. The average molecular weight is 125 g/mol. The molecule has 0 bridgehead atoms. The molecule has 1 N–H and O–H groups in total. The van der Waals surface area contributed by atoms with Gasteiger partial charge in [-0.1, -0.05) is 13.0 Å². The number of rotatable bonds is 1. The van der Waals surface area contributed by atoms with Crippen LogP contribution in [0.5, 0.6) is 0 Å². The zero-order chi connectivity index (χ0) is 6.69. The summed E-state index contributed by atoms with van der Waals surface area (Å²) in [5.41, 5.74) is 0.969. The zero-order valence-corrected chi connectivity index (χ0v) is 5.35. The minimum atomic E-state index is -0.0191. The van der Waals surface area contributed by atoms with Gasteiger partial charge >= 0.3 is 0 Å². The second-order valence-corrected chi connectivity index (χ2v) is 1.89. The SMILES string of the molecule is CCc1cccc(=O)[nH]1.[HH]. The molecule has 1 aromatic rings. The first-order valence-corrected chi connectivity index (χ1v) is 3.01. The Morgan fingerprint density at radius 3 is 2.89 bits per heavy atom. The van der Waals surface area contributed by atoms with Crippen molar-refractivity contribution < 1.29 is 1.43 Å². The highest BCUT2D eigenvalue weighted by atomic mass is 16.1. The van der Waals surface area contributed by atoms with E-state index in [1.807, 2.05) is 13.0 Å². The highest BCUT2D eigenvalue weighted by Crippen LogP contribution is 1.88. The van der Waals surface area contributed by atoms with E-state index in [0.717, 1.165) is 12.1 Å². The molecule has 1 aromatic heterocycles. The molecule has 0 atom stereocenters. The Hall–Kier alpha value is -1.05. The van der Waals surface area contributed by atoms with Crippen LogP contribution >= 0.6 is 0 Å². The van der Waals surface area contributed by atoms with Crippen LogP contribution in [-0.4, -0.2) is 4.98 Å². The first kappa shape index (κ1) is 6.08. The quantitative estimate of drug-likeness (QED) is 0.600. The maximum absolute atomic E-state index is 10.6. The van der Waals surface area contributed by atoms with Crippen molar-refractivity contribution in [2.24, 2.45) is 0 Å². The van der Waals surface area contributed by atoms with Crippen LogP contribution in [-0.2, 0) is 6.42 Å². The number of aromatic nitrogens is 1. The summed E-state index contributed by atoms with van der Waals surface area (Å²) < 4.78 is 0. The van der Waals surface area contributed by atoms with E-state index in [0.29, 0.717) is 0 Å². The van der Waals surface area contributed by atoms with E-state index < -0.39 is 0 Å². The van der Waals surface area contributed by atoms with Gasteiger partial charge in [-0.15, -0.1) is 0 Å². The van der Waals surface area contributed by atoms with Gasteiger partial charge in [-0.3, -0.25) is 4.79 Å². The third-order valence-corrected chi connectivity index (χ3v) is 1.21. The van der Waals surface area contributed by atoms with Crippen LogP contribution in [0.3, 0.4) is 0 Å². The summed E-state index contributed by atoms with van der Waals surface area (Å²) in [5.74, 6) is 0. The van der Waals surface area contributed by atoms with Crippen molar-refractivity contribution in [3.8, 4) is 0 Å². The highest BCUT2D eigenvalue weighted by Gasteiger charge is 1.85. The van der Waals surface area contributed by atoms with Crippen LogP contribution in [0.2, 0.25) is 0 Å². The Balaban J connectivity index is 0.000000810. The third-order valence-electron chi connectivity index (χ3n) is 1.21. The van der Waals surface area contributed by atoms with Crippen LogP contribution < -0.4 is 5.56 Å². The fourth-order valence-corrected chi connectivity index (χ4v) is 0.699. The predicted octanol–water partition coefficient (Wildman–Crippen LogP) is 1.18. The molecule has 9 heavy (non-hydrogen) atoms. The van der Waals surface area contributed by atoms with Gasteiger partial charge in [-0.05, 0) is 12.5 Å². The summed E-state index contributed by atoms with van der Waals surface area (Å²) in [6, 6.07) is 5.18. The molecule has 1 heterocycles. The third kappa shape index (κ3) is 1.42. The minimum Gasteiger partial charge on any atom is -0.326 e. The molecule has 0 aromatic carbocycles. The lowest BCUT2D eigenvalue weighted by Crippen LogP contribution is -2.04. The molecule has 1 rings (SSSR count). The van der Waals surface area contributed by atoms with E-state index in [-0.39, 0.29) is 6.99 Å². The molecular formula is C7H11NO. The molecule has 0 radical (unpaired) electrons. The van der Waals surface area contributed by atoms with Gasteiger partial charge in [-0.25, -0.2) is 0 Å². The highest BCUT2D eigenvalue weighted by molar-refractivity contribution is 5.02. The summed E-state index contributed by atoms with van der Waals surface area (Å²) in [6.45, 7) is 2.01. The van der Waals surface area contributed by atoms with Gasteiger partial charge in [0.05, 0.1) is 0 Å². The van der Waals surface area contributed by atoms with E-state index in [1.54, 1.807) is 6.07 Å². The predicted molar refractivity (Wildman–Crippen MR) is 38.6 cm³/mol. The van der Waals surface area contributed by atoms with Gasteiger partial charge < -0.3 is 4.98 Å². The standard InChI is InChI=1S/C7H9NO.H2/c1-2-6-4-3-5-7(9)8-6;/h3-5H,2H2,1H3,(H,8,9);1H. The number of aryl methyl sites for hydroxylation is 1. The van der Waals surface area contributed by atoms with E-state index in [1.165, 1.54) is 6.07 Å². The van der Waals surface area contributed by atoms with E-state index in [2.05, 4.69) is 4.98 Å². The zero-order valence-electron chi connectivity index (χ0n) is 5.35. The van der Waals surface area contributed by atoms with Gasteiger partial charge in [0.2, 0.25) is 5.56 Å². The fraction of sp³-hybridized carbons (Fsp3) is 0.286. The Bertz CT molecular complexity index is 243. The number of hydrogen-bond donors (Lipinski definition) is 1. The first-order valence-electron chi connectivity index (χ1n) is 3.01. The maximum Gasteiger partial charge on any atom is 0.248 e. The summed E-state index contributed by atoms with van der Waals surface area (Å²) >= 11 is 0. The second-order valence-electron chi connectivity index (χ2n) is 1.89. The van der Waals surface area contributed by atoms with Crippen molar-refractivity contribution in [2.45, 2.75) is 13.3 Å². The van der Waals surface area contributed by atoms with Crippen molar-refractivity contribution in [2.75, 3.05) is 0 Å². The molecule has 0 aliphatic heterocycles. The topological polar surface area (TPSA) is 32.9 Å². The van der Waals surface area contributed by atoms with Crippen LogP contribution in [0, 0.1) is 0 Å². The number of pyridine rings is 1. The van der Waals surface area contributed by atoms with Crippen molar-refractivity contribution >= 4 is 0 Å². The normalized spacial score (nSPS) is 9.44. The van der Waals surface area contributed by atoms with Gasteiger partial charge in [0, 0.05) is 13.2 Å². The first-order chi connectivity index (χ1) is 4.33. The smallest absolute Gasteiger partial charge is 0.248 e. The van der Waals surface area contributed by atoms with Crippen LogP contribution in [0.1, 0.15) is 14.0 Å². The van der Waals surface area contributed by atoms with Crippen molar-refractivity contribution in [3.05, 3.63) is 34.2 Å². The monoisotopic (exact) mass is 125 g/mol. The molecule has 0 spiro atoms. The van der Waals surface area contributed by atoms with E-state index in [9.17, 15) is 4.79 Å². The number of hydrogen-bond acceptors (Lipinski definition) is 1. The number of nitrogens with one attached hydrogen (secondary N) is 1. The average Bonchev–Trinajstić information content (AvgIpc) is 1.88. The Kier molecular flexibility index (Phi) is 1.68. The molecule has 50 valence electrons. The van der Waals surface area contributed by atoms with Crippen LogP contribution in [0.4, 0.5) is 0 Å². The number of H-pyrrole nitrogens is 1. The molecule has 0 saturated heterocycles. The lowest BCUT2D eigenvalue weighted by atomic mass is 10.3. The van der Waals surface area contributed by atoms with Gasteiger partial charge in [0.15, 0.2) is 0 Å². The Labute approximate surface area is 55.0 Å². The van der Waals surface area contributed by atoms with E-state index >= 15 is 0 Å². The summed E-state index contributed by atoms with van der Waals surface area (Å²) in [4.78, 5) is 13.3. The van der Waals surface area contributed by atoms with Crippen LogP contribution in [0.25, 0.3) is 0 Å². The molecule has 0 aliphatic rings. The largest absolute Gasteiger partial charge is 0.326 e. The number of aromatic amines is 1. The van der Waals surface area contributed by atoms with E-state index in [4.69, 9.17) is 0 Å². The van der Waals surface area contributed by atoms with Crippen molar-refractivity contribution in [1.82, 2.24) is 4.98 Å². The van der Waals surface area contributed by atoms with Crippen molar-refractivity contribution in [1.29, 1.82) is 0 Å². The molecule has 0 saturated carbocycles. The fourth-order valence-electron chi connectivity index (χ4n) is 0.699. The molecule has 0 fully saturated rings. The van der Waals surface area contributed by atoms with Gasteiger partial charge in [0.1, 0.15) is 0 Å². The Morgan fingerprint density at radius 2 is 2.44 bits per heavy atom. The molecular weight excluding hydrogens is 114 g/mol. The summed E-state index contributed by atoms with van der Waals surface area (Å²) in [6.07, 6.45) is 0.885. The minimum absolute atomic E-state index is 0. The summed E-state index contributed by atoms with van der Waals surface area (Å²) in [5, 5.41) is 0. The molecule has 0 amide bonds. The molecule has 2 nitrogen and oxygen atoms in total. The molecule has 0 unspecified atom stereocenters. The lowest BCUT2D eigenvalue weighted by molar-refractivity contribution is 1.01. The molecule has 2 heteroatoms. The van der Waals surface area contributed by atoms with Gasteiger partial charge in [-0.2, -0.15) is 0 Å². The van der Waals surface area contributed by atoms with Gasteiger partial charge in [0.25, 0.3) is 0 Å². The van der Waals surface area contributed by atoms with Crippen molar-refractivity contribution in [3.63, 3.8) is 0 Å². The molecule has 0 aliphatic carbocycles. The van der Waals surface area contributed by atoms with Crippen LogP contribution in [0.15, 0.2) is 23.0 Å². The maximum atomic E-state index is 10.6. The lowest BCUT2D eigenvalue weighted by Gasteiger charge is -1.90. The Morgan fingerprint density at radius 1 is 1.67 bits per heavy atom. The second kappa shape index (κ2) is 2.49.